The molecule has 11 heteroatoms. The molecule has 1 saturated carbocycles. The molecule has 11 nitrogen and oxygen atoms in total. The Labute approximate surface area is 293 Å². The maximum Gasteiger partial charge on any atom is 0.343 e. The van der Waals surface area contributed by atoms with Crippen LogP contribution in [0.3, 0.4) is 0 Å². The minimum atomic E-state index is -1.22. The third-order valence-electron chi connectivity index (χ3n) is 8.67. The van der Waals surface area contributed by atoms with E-state index in [1.54, 1.807) is 72.8 Å². The van der Waals surface area contributed by atoms with Gasteiger partial charge in [0, 0.05) is 23.6 Å². The van der Waals surface area contributed by atoms with Crippen LogP contribution in [0.2, 0.25) is 0 Å². The number of hydrogen-bond donors (Lipinski definition) is 4. The first-order valence-corrected chi connectivity index (χ1v) is 17.4. The highest BCUT2D eigenvalue weighted by Crippen LogP contribution is 2.26. The topological polar surface area (TPSA) is 160 Å². The van der Waals surface area contributed by atoms with E-state index >= 15 is 0 Å². The van der Waals surface area contributed by atoms with Gasteiger partial charge in [0.1, 0.15) is 23.6 Å². The molecule has 3 amide bonds. The van der Waals surface area contributed by atoms with Crippen LogP contribution in [-0.4, -0.2) is 53.5 Å². The minimum absolute atomic E-state index is 0.00106. The lowest BCUT2D eigenvalue weighted by atomic mass is 10.0. The van der Waals surface area contributed by atoms with Crippen LogP contribution in [0.4, 0.5) is 5.69 Å². The lowest BCUT2D eigenvalue weighted by Crippen LogP contribution is -2.51. The van der Waals surface area contributed by atoms with Crippen LogP contribution in [0.1, 0.15) is 97.9 Å². The van der Waals surface area contributed by atoms with Crippen molar-refractivity contribution in [3.63, 3.8) is 0 Å². The molecule has 1 aliphatic carbocycles. The van der Waals surface area contributed by atoms with Crippen molar-refractivity contribution >= 4 is 35.3 Å². The number of anilines is 1. The van der Waals surface area contributed by atoms with E-state index in [0.29, 0.717) is 29.2 Å². The molecular weight excluding hydrogens is 638 g/mol. The molecule has 2 unspecified atom stereocenters. The second kappa shape index (κ2) is 19.1. The summed E-state index contributed by atoms with van der Waals surface area (Å²) in [7, 11) is 0. The molecule has 1 fully saturated rings. The SMILES string of the molecule is CCCCCCCOc1ccc(C(=O)Oc2ccc(CC(NC(=O)c3ccc(NC(=O)C4CCCC4)cc3)C(=O)NC(C)C(=O)O)cc2)cc1. The Morgan fingerprint density at radius 3 is 2.04 bits per heavy atom. The largest absolute Gasteiger partial charge is 0.494 e. The fraction of sp³-hybridized carbons (Fsp3) is 0.410. The van der Waals surface area contributed by atoms with Gasteiger partial charge in [-0.1, -0.05) is 57.6 Å². The van der Waals surface area contributed by atoms with Crippen molar-refractivity contribution in [2.75, 3.05) is 11.9 Å². The van der Waals surface area contributed by atoms with Crippen molar-refractivity contribution in [3.8, 4) is 11.5 Å². The number of carboxylic acid groups (broad SMARTS) is 1. The Bertz CT molecular complexity index is 1580. The number of ether oxygens (including phenoxy) is 2. The first kappa shape index (κ1) is 37.6. The quantitative estimate of drug-likeness (QED) is 0.0688. The standard InChI is InChI=1S/C39H47N3O8/c1-3-4-5-6-9-24-49-32-22-16-30(17-23-32)39(48)50-33-20-12-27(13-21-33)25-34(37(45)40-26(2)38(46)47)42-36(44)29-14-18-31(19-15-29)41-35(43)28-10-7-8-11-28/h12-23,26,28,34H,3-11,24-25H2,1-2H3,(H,40,45)(H,41,43)(H,42,44)(H,46,47). The lowest BCUT2D eigenvalue weighted by Gasteiger charge is -2.20. The summed E-state index contributed by atoms with van der Waals surface area (Å²) in [6.45, 7) is 4.13. The number of amides is 3. The summed E-state index contributed by atoms with van der Waals surface area (Å²) < 4.78 is 11.3. The molecule has 4 N–H and O–H groups in total. The predicted octanol–water partition coefficient (Wildman–Crippen LogP) is 6.31. The summed E-state index contributed by atoms with van der Waals surface area (Å²) in [5.41, 5.74) is 1.82. The van der Waals surface area contributed by atoms with E-state index in [1.807, 2.05) is 0 Å². The van der Waals surface area contributed by atoms with Gasteiger partial charge in [-0.15, -0.1) is 0 Å². The van der Waals surface area contributed by atoms with Crippen molar-refractivity contribution in [3.05, 3.63) is 89.5 Å². The van der Waals surface area contributed by atoms with Gasteiger partial charge in [0.2, 0.25) is 11.8 Å². The third-order valence-corrected chi connectivity index (χ3v) is 8.67. The minimum Gasteiger partial charge on any atom is -0.494 e. The summed E-state index contributed by atoms with van der Waals surface area (Å²) in [5.74, 6) is -2.04. The normalized spacial score (nSPS) is 13.9. The molecule has 4 rings (SSSR count). The van der Waals surface area contributed by atoms with E-state index in [-0.39, 0.29) is 29.6 Å². The molecule has 1 aliphatic rings. The molecule has 0 saturated heterocycles. The predicted molar refractivity (Wildman–Crippen MR) is 189 cm³/mol. The van der Waals surface area contributed by atoms with Gasteiger partial charge in [-0.25, -0.2) is 4.79 Å². The zero-order chi connectivity index (χ0) is 35.9. The van der Waals surface area contributed by atoms with Gasteiger partial charge in [0.05, 0.1) is 12.2 Å². The number of aliphatic carboxylic acids is 1. The summed E-state index contributed by atoms with van der Waals surface area (Å²) in [6, 6.07) is 17.3. The molecule has 0 heterocycles. The van der Waals surface area contributed by atoms with Gasteiger partial charge in [0.15, 0.2) is 0 Å². The van der Waals surface area contributed by atoms with E-state index in [4.69, 9.17) is 9.47 Å². The van der Waals surface area contributed by atoms with Gasteiger partial charge in [-0.2, -0.15) is 0 Å². The fourth-order valence-electron chi connectivity index (χ4n) is 5.64. The van der Waals surface area contributed by atoms with E-state index in [1.165, 1.54) is 26.2 Å². The van der Waals surface area contributed by atoms with Gasteiger partial charge >= 0.3 is 11.9 Å². The van der Waals surface area contributed by atoms with Crippen molar-refractivity contribution in [2.24, 2.45) is 5.92 Å². The molecule has 2 atom stereocenters. The first-order valence-electron chi connectivity index (χ1n) is 17.4. The van der Waals surface area contributed by atoms with E-state index in [0.717, 1.165) is 38.5 Å². The van der Waals surface area contributed by atoms with Crippen molar-refractivity contribution in [1.29, 1.82) is 0 Å². The number of rotatable bonds is 18. The number of benzene rings is 3. The van der Waals surface area contributed by atoms with E-state index in [2.05, 4.69) is 22.9 Å². The molecule has 0 bridgehead atoms. The summed E-state index contributed by atoms with van der Waals surface area (Å²) in [6.07, 6.45) is 9.58. The highest BCUT2D eigenvalue weighted by atomic mass is 16.5. The molecule has 0 spiro atoms. The Kier molecular flexibility index (Phi) is 14.4. The average molecular weight is 686 g/mol. The molecule has 3 aromatic carbocycles. The number of nitrogens with one attached hydrogen (secondary N) is 3. The molecule has 0 radical (unpaired) electrons. The first-order chi connectivity index (χ1) is 24.1. The zero-order valence-corrected chi connectivity index (χ0v) is 28.7. The Hall–Kier alpha value is -5.19. The molecular formula is C39H47N3O8. The Balaban J connectivity index is 1.34. The smallest absolute Gasteiger partial charge is 0.343 e. The number of carbonyl (C=O) groups is 5. The number of esters is 1. The van der Waals surface area contributed by atoms with Crippen LogP contribution < -0.4 is 25.4 Å². The molecule has 266 valence electrons. The highest BCUT2D eigenvalue weighted by Gasteiger charge is 2.26. The van der Waals surface area contributed by atoms with Crippen molar-refractivity contribution in [1.82, 2.24) is 10.6 Å². The highest BCUT2D eigenvalue weighted by molar-refractivity contribution is 5.99. The average Bonchev–Trinajstić information content (AvgIpc) is 3.66. The number of carbonyl (C=O) groups excluding carboxylic acids is 4. The maximum absolute atomic E-state index is 13.2. The van der Waals surface area contributed by atoms with Crippen molar-refractivity contribution < 1.29 is 38.6 Å². The fourth-order valence-corrected chi connectivity index (χ4v) is 5.64. The second-order valence-corrected chi connectivity index (χ2v) is 12.7. The third kappa shape index (κ3) is 11.7. The van der Waals surface area contributed by atoms with Gasteiger partial charge < -0.3 is 30.5 Å². The number of unbranched alkanes of at least 4 members (excludes halogenated alkanes) is 4. The monoisotopic (exact) mass is 685 g/mol. The molecule has 50 heavy (non-hydrogen) atoms. The van der Waals surface area contributed by atoms with Crippen LogP contribution in [0, 0.1) is 5.92 Å². The Morgan fingerprint density at radius 2 is 1.40 bits per heavy atom. The summed E-state index contributed by atoms with van der Waals surface area (Å²) in [4.78, 5) is 62.9. The maximum atomic E-state index is 13.2. The van der Waals surface area contributed by atoms with Crippen LogP contribution in [0.15, 0.2) is 72.8 Å². The molecule has 0 aliphatic heterocycles. The zero-order valence-electron chi connectivity index (χ0n) is 28.7. The number of hydrogen-bond acceptors (Lipinski definition) is 7. The van der Waals surface area contributed by atoms with E-state index in [9.17, 15) is 29.1 Å². The van der Waals surface area contributed by atoms with Gasteiger partial charge in [-0.05, 0) is 92.4 Å². The molecule has 3 aromatic rings. The second-order valence-electron chi connectivity index (χ2n) is 12.7. The summed E-state index contributed by atoms with van der Waals surface area (Å²) in [5, 5.41) is 17.3. The summed E-state index contributed by atoms with van der Waals surface area (Å²) >= 11 is 0. The van der Waals surface area contributed by atoms with Crippen LogP contribution in [0.25, 0.3) is 0 Å². The van der Waals surface area contributed by atoms with Crippen molar-refractivity contribution in [2.45, 2.75) is 90.1 Å². The van der Waals surface area contributed by atoms with E-state index < -0.39 is 35.8 Å². The van der Waals surface area contributed by atoms with Gasteiger partial charge in [-0.3, -0.25) is 19.2 Å². The van der Waals surface area contributed by atoms with Crippen LogP contribution in [-0.2, 0) is 20.8 Å². The van der Waals surface area contributed by atoms with Gasteiger partial charge in [0.25, 0.3) is 5.91 Å². The Morgan fingerprint density at radius 1 is 0.780 bits per heavy atom. The number of carboxylic acids is 1. The van der Waals surface area contributed by atoms with Crippen LogP contribution in [0.5, 0.6) is 11.5 Å². The molecule has 0 aromatic heterocycles. The van der Waals surface area contributed by atoms with Crippen LogP contribution >= 0.6 is 0 Å². The lowest BCUT2D eigenvalue weighted by molar-refractivity contribution is -0.141.